The fourth-order valence-electron chi connectivity index (χ4n) is 4.03. The molecule has 1 N–H and O–H groups in total. The summed E-state index contributed by atoms with van der Waals surface area (Å²) in [5.41, 5.74) is 1.16. The van der Waals surface area contributed by atoms with Crippen LogP contribution in [0.2, 0.25) is 10.0 Å². The molecule has 220 valence electrons. The number of halogens is 2. The van der Waals surface area contributed by atoms with Gasteiger partial charge in [-0.2, -0.15) is 0 Å². The molecule has 3 aromatic carbocycles. The first-order chi connectivity index (χ1) is 19.1. The van der Waals surface area contributed by atoms with Crippen LogP contribution in [0, 0.1) is 6.92 Å². The number of hydrogen-bond acceptors (Lipinski definition) is 5. The van der Waals surface area contributed by atoms with Crippen LogP contribution >= 0.6 is 35.0 Å². The number of nitrogens with zero attached hydrogens (tertiary/aromatic N) is 2. The summed E-state index contributed by atoms with van der Waals surface area (Å²) in [4.78, 5) is 29.6. The van der Waals surface area contributed by atoms with Gasteiger partial charge in [-0.25, -0.2) is 8.42 Å². The zero-order chi connectivity index (χ0) is 30.5. The van der Waals surface area contributed by atoms with Crippen molar-refractivity contribution in [2.24, 2.45) is 0 Å². The first-order valence-corrected chi connectivity index (χ1v) is 16.3. The average Bonchev–Trinajstić information content (AvgIpc) is 2.90. The predicted molar refractivity (Wildman–Crippen MR) is 168 cm³/mol. The minimum Gasteiger partial charge on any atom is -0.350 e. The van der Waals surface area contributed by atoms with Gasteiger partial charge in [-0.15, -0.1) is 11.8 Å². The van der Waals surface area contributed by atoms with Crippen LogP contribution in [0.25, 0.3) is 0 Å². The van der Waals surface area contributed by atoms with Crippen LogP contribution in [0.3, 0.4) is 0 Å². The Morgan fingerprint density at radius 2 is 1.51 bits per heavy atom. The topological polar surface area (TPSA) is 86.8 Å². The van der Waals surface area contributed by atoms with E-state index in [1.165, 1.54) is 28.8 Å². The minimum absolute atomic E-state index is 0.0443. The second kappa shape index (κ2) is 13.5. The van der Waals surface area contributed by atoms with E-state index in [0.717, 1.165) is 14.8 Å². The lowest BCUT2D eigenvalue weighted by Crippen LogP contribution is -2.54. The van der Waals surface area contributed by atoms with Gasteiger partial charge in [-0.1, -0.05) is 47.0 Å². The number of carbonyl (C=O) groups is 2. The molecule has 0 spiro atoms. The standard InChI is InChI=1S/C30H35Cl2N3O4S2/c1-20-10-12-22(13-11-20)35(41(38,39)24-16-14-23(40-6)15-17-24)19-28(36)34(21(2)29(37)33-30(3,4)5)18-25-26(31)8-7-9-27(25)32/h7-17,21H,18-19H2,1-6H3,(H,33,37). The third-order valence-corrected chi connectivity index (χ3v) is 9.54. The molecule has 0 aliphatic rings. The Hall–Kier alpha value is -2.72. The molecule has 0 saturated heterocycles. The second-order valence-electron chi connectivity index (χ2n) is 10.7. The molecule has 0 aliphatic heterocycles. The van der Waals surface area contributed by atoms with Crippen LogP contribution in [-0.4, -0.2) is 49.5 Å². The van der Waals surface area contributed by atoms with Gasteiger partial charge in [0.05, 0.1) is 10.6 Å². The van der Waals surface area contributed by atoms with E-state index in [0.29, 0.717) is 21.3 Å². The number of anilines is 1. The lowest BCUT2D eigenvalue weighted by molar-refractivity contribution is -0.140. The quantitative estimate of drug-likeness (QED) is 0.255. The van der Waals surface area contributed by atoms with Gasteiger partial charge in [0.2, 0.25) is 11.8 Å². The highest BCUT2D eigenvalue weighted by Gasteiger charge is 2.34. The van der Waals surface area contributed by atoms with Crippen LogP contribution < -0.4 is 9.62 Å². The minimum atomic E-state index is -4.16. The van der Waals surface area contributed by atoms with Crippen molar-refractivity contribution in [1.82, 2.24) is 10.2 Å². The van der Waals surface area contributed by atoms with Gasteiger partial charge < -0.3 is 10.2 Å². The van der Waals surface area contributed by atoms with E-state index < -0.39 is 40.0 Å². The summed E-state index contributed by atoms with van der Waals surface area (Å²) >= 11 is 14.4. The van der Waals surface area contributed by atoms with Crippen molar-refractivity contribution in [2.75, 3.05) is 17.1 Å². The summed E-state index contributed by atoms with van der Waals surface area (Å²) in [5, 5.41) is 3.55. The van der Waals surface area contributed by atoms with Gasteiger partial charge in [0.25, 0.3) is 10.0 Å². The van der Waals surface area contributed by atoms with E-state index in [4.69, 9.17) is 23.2 Å². The number of hydrogen-bond donors (Lipinski definition) is 1. The summed E-state index contributed by atoms with van der Waals surface area (Å²) in [5.74, 6) is -0.992. The Morgan fingerprint density at radius 1 is 0.951 bits per heavy atom. The molecule has 7 nitrogen and oxygen atoms in total. The van der Waals surface area contributed by atoms with Gasteiger partial charge in [-0.3, -0.25) is 13.9 Å². The van der Waals surface area contributed by atoms with Crippen molar-refractivity contribution in [3.05, 3.63) is 87.9 Å². The summed E-state index contributed by atoms with van der Waals surface area (Å²) in [6, 6.07) is 17.4. The lowest BCUT2D eigenvalue weighted by atomic mass is 10.1. The summed E-state index contributed by atoms with van der Waals surface area (Å²) in [6.07, 6.45) is 1.90. The Morgan fingerprint density at radius 3 is 2.02 bits per heavy atom. The molecule has 3 aromatic rings. The maximum atomic E-state index is 14.1. The van der Waals surface area contributed by atoms with E-state index in [2.05, 4.69) is 5.32 Å². The van der Waals surface area contributed by atoms with Crippen molar-refractivity contribution >= 4 is 62.5 Å². The third-order valence-electron chi connectivity index (χ3n) is 6.30. The lowest BCUT2D eigenvalue weighted by Gasteiger charge is -2.34. The van der Waals surface area contributed by atoms with Crippen LogP contribution in [-0.2, 0) is 26.2 Å². The Labute approximate surface area is 257 Å². The normalized spacial score (nSPS) is 12.5. The molecule has 1 unspecified atom stereocenters. The number of amides is 2. The molecule has 11 heteroatoms. The van der Waals surface area contributed by atoms with Gasteiger partial charge in [0.15, 0.2) is 0 Å². The van der Waals surface area contributed by atoms with Crippen molar-refractivity contribution in [2.45, 2.75) is 62.5 Å². The second-order valence-corrected chi connectivity index (χ2v) is 14.2. The van der Waals surface area contributed by atoms with Crippen LogP contribution in [0.15, 0.2) is 76.5 Å². The fourth-order valence-corrected chi connectivity index (χ4v) is 6.36. The van der Waals surface area contributed by atoms with Crippen LogP contribution in [0.5, 0.6) is 0 Å². The van der Waals surface area contributed by atoms with Crippen LogP contribution in [0.1, 0.15) is 38.8 Å². The van der Waals surface area contributed by atoms with Crippen molar-refractivity contribution < 1.29 is 18.0 Å². The highest BCUT2D eigenvalue weighted by atomic mass is 35.5. The molecule has 0 fully saturated rings. The molecule has 3 rings (SSSR count). The summed E-state index contributed by atoms with van der Waals surface area (Å²) in [7, 11) is -4.16. The van der Waals surface area contributed by atoms with Gasteiger partial charge >= 0.3 is 0 Å². The number of thioether (sulfide) groups is 1. The van der Waals surface area contributed by atoms with Gasteiger partial charge in [0.1, 0.15) is 12.6 Å². The molecule has 2 amide bonds. The molecule has 0 heterocycles. The Balaban J connectivity index is 2.07. The number of carbonyl (C=O) groups excluding carboxylic acids is 2. The highest BCUT2D eigenvalue weighted by Crippen LogP contribution is 2.29. The van der Waals surface area contributed by atoms with Gasteiger partial charge in [-0.05, 0) is 89.4 Å². The predicted octanol–water partition coefficient (Wildman–Crippen LogP) is 6.55. The van der Waals surface area contributed by atoms with Crippen molar-refractivity contribution in [1.29, 1.82) is 0 Å². The first kappa shape index (κ1) is 32.8. The van der Waals surface area contributed by atoms with E-state index in [9.17, 15) is 18.0 Å². The SMILES string of the molecule is CSc1ccc(S(=O)(=O)N(CC(=O)N(Cc2c(Cl)cccc2Cl)C(C)C(=O)NC(C)(C)C)c2ccc(C)cc2)cc1. The molecule has 0 bridgehead atoms. The molecule has 1 atom stereocenters. The Kier molecular flexibility index (Phi) is 10.8. The van der Waals surface area contributed by atoms with E-state index in [-0.39, 0.29) is 11.4 Å². The molecular formula is C30H35Cl2N3O4S2. The number of nitrogens with one attached hydrogen (secondary N) is 1. The fraction of sp³-hybridized carbons (Fsp3) is 0.333. The summed E-state index contributed by atoms with van der Waals surface area (Å²) in [6.45, 7) is 8.34. The monoisotopic (exact) mass is 635 g/mol. The number of sulfonamides is 1. The maximum Gasteiger partial charge on any atom is 0.264 e. The van der Waals surface area contributed by atoms with Crippen LogP contribution in [0.4, 0.5) is 5.69 Å². The highest BCUT2D eigenvalue weighted by molar-refractivity contribution is 7.98. The zero-order valence-electron chi connectivity index (χ0n) is 23.9. The molecule has 0 radical (unpaired) electrons. The van der Waals surface area contributed by atoms with Crippen molar-refractivity contribution in [3.63, 3.8) is 0 Å². The number of benzene rings is 3. The van der Waals surface area contributed by atoms with Gasteiger partial charge in [0, 0.05) is 32.6 Å². The smallest absolute Gasteiger partial charge is 0.264 e. The average molecular weight is 637 g/mol. The van der Waals surface area contributed by atoms with E-state index in [1.54, 1.807) is 61.5 Å². The molecular weight excluding hydrogens is 601 g/mol. The molecule has 0 aromatic heterocycles. The zero-order valence-corrected chi connectivity index (χ0v) is 27.1. The largest absolute Gasteiger partial charge is 0.350 e. The Bertz CT molecular complexity index is 1470. The molecule has 0 saturated carbocycles. The molecule has 0 aliphatic carbocycles. The molecule has 41 heavy (non-hydrogen) atoms. The number of rotatable bonds is 10. The van der Waals surface area contributed by atoms with Crippen molar-refractivity contribution in [3.8, 4) is 0 Å². The number of aryl methyl sites for hydroxylation is 1. The third kappa shape index (κ3) is 8.41. The van der Waals surface area contributed by atoms with E-state index in [1.807, 2.05) is 34.0 Å². The van der Waals surface area contributed by atoms with E-state index >= 15 is 0 Å². The first-order valence-electron chi connectivity index (χ1n) is 12.9. The summed E-state index contributed by atoms with van der Waals surface area (Å²) < 4.78 is 29.0. The maximum absolute atomic E-state index is 14.1.